The molecule has 0 aliphatic carbocycles. The summed E-state index contributed by atoms with van der Waals surface area (Å²) >= 11 is 0. The van der Waals surface area contributed by atoms with Crippen LogP contribution in [0.3, 0.4) is 0 Å². The molecule has 7 nitrogen and oxygen atoms in total. The number of benzene rings is 1. The number of carbonyl (C=O) groups excluding carboxylic acids is 2. The summed E-state index contributed by atoms with van der Waals surface area (Å²) in [6, 6.07) is 5.78. The van der Waals surface area contributed by atoms with Gasteiger partial charge < -0.3 is 25.1 Å². The van der Waals surface area contributed by atoms with Crippen LogP contribution in [0.4, 0.5) is 10.5 Å². The van der Waals surface area contributed by atoms with Gasteiger partial charge in [0.05, 0.1) is 38.8 Å². The second kappa shape index (κ2) is 8.05. The minimum absolute atomic E-state index is 0.0516. The van der Waals surface area contributed by atoms with Gasteiger partial charge in [-0.3, -0.25) is 4.79 Å². The van der Waals surface area contributed by atoms with Crippen molar-refractivity contribution in [2.75, 3.05) is 50.8 Å². The Labute approximate surface area is 154 Å². The van der Waals surface area contributed by atoms with Crippen LogP contribution in [0.1, 0.15) is 17.5 Å². The van der Waals surface area contributed by atoms with Gasteiger partial charge in [0.1, 0.15) is 6.54 Å². The van der Waals surface area contributed by atoms with Gasteiger partial charge in [0.2, 0.25) is 5.91 Å². The van der Waals surface area contributed by atoms with Crippen LogP contribution in [0.15, 0.2) is 18.2 Å². The second-order valence-electron chi connectivity index (χ2n) is 7.33. The number of nitrogens with zero attached hydrogens (tertiary/aromatic N) is 2. The van der Waals surface area contributed by atoms with E-state index in [9.17, 15) is 9.59 Å². The zero-order valence-corrected chi connectivity index (χ0v) is 15.6. The van der Waals surface area contributed by atoms with Crippen molar-refractivity contribution in [2.24, 2.45) is 0 Å². The van der Waals surface area contributed by atoms with Gasteiger partial charge in [0.15, 0.2) is 0 Å². The fourth-order valence-corrected chi connectivity index (χ4v) is 3.65. The minimum atomic E-state index is -0.153. The van der Waals surface area contributed by atoms with Gasteiger partial charge in [-0.15, -0.1) is 0 Å². The van der Waals surface area contributed by atoms with Crippen molar-refractivity contribution < 1.29 is 19.6 Å². The molecule has 3 rings (SSSR count). The SMILES string of the molecule is Cc1ccc(N2C[C@H](NC(=O)N3CC[NH+](CCO)CC3)CC2=O)cc1C. The normalized spacial score (nSPS) is 21.3. The first-order valence-corrected chi connectivity index (χ1v) is 9.35. The summed E-state index contributed by atoms with van der Waals surface area (Å²) in [5.41, 5.74) is 3.26. The average Bonchev–Trinajstić information content (AvgIpc) is 2.98. The summed E-state index contributed by atoms with van der Waals surface area (Å²) in [5, 5.41) is 12.0. The van der Waals surface area contributed by atoms with Crippen molar-refractivity contribution in [1.82, 2.24) is 10.2 Å². The van der Waals surface area contributed by atoms with Crippen molar-refractivity contribution in [3.8, 4) is 0 Å². The Bertz CT molecular complexity index is 671. The quantitative estimate of drug-likeness (QED) is 0.665. The minimum Gasteiger partial charge on any atom is -0.391 e. The first kappa shape index (κ1) is 18.7. The molecule has 2 saturated heterocycles. The molecule has 2 aliphatic heterocycles. The molecule has 2 heterocycles. The number of amides is 3. The Morgan fingerprint density at radius 1 is 1.27 bits per heavy atom. The Kier molecular flexibility index (Phi) is 5.78. The predicted molar refractivity (Wildman–Crippen MR) is 99.4 cm³/mol. The molecule has 1 aromatic carbocycles. The summed E-state index contributed by atoms with van der Waals surface area (Å²) in [7, 11) is 0. The van der Waals surface area contributed by atoms with E-state index >= 15 is 0 Å². The summed E-state index contributed by atoms with van der Waals surface area (Å²) < 4.78 is 0. The largest absolute Gasteiger partial charge is 0.391 e. The molecule has 26 heavy (non-hydrogen) atoms. The van der Waals surface area contributed by atoms with Crippen LogP contribution < -0.4 is 15.1 Å². The van der Waals surface area contributed by atoms with E-state index in [1.54, 1.807) is 4.90 Å². The molecule has 0 spiro atoms. The van der Waals surface area contributed by atoms with Gasteiger partial charge in [-0.1, -0.05) is 6.07 Å². The number of carbonyl (C=O) groups is 2. The van der Waals surface area contributed by atoms with E-state index in [1.807, 2.05) is 30.0 Å². The topological polar surface area (TPSA) is 77.3 Å². The maximum Gasteiger partial charge on any atom is 0.318 e. The maximum absolute atomic E-state index is 12.5. The fourth-order valence-electron chi connectivity index (χ4n) is 3.65. The number of aliphatic hydroxyl groups excluding tert-OH is 1. The lowest BCUT2D eigenvalue weighted by molar-refractivity contribution is -0.904. The van der Waals surface area contributed by atoms with Gasteiger partial charge in [0, 0.05) is 18.7 Å². The zero-order valence-electron chi connectivity index (χ0n) is 15.6. The molecule has 1 aromatic rings. The Hall–Kier alpha value is -2.12. The van der Waals surface area contributed by atoms with Crippen molar-refractivity contribution in [2.45, 2.75) is 26.3 Å². The van der Waals surface area contributed by atoms with Crippen LogP contribution in [0.5, 0.6) is 0 Å². The van der Waals surface area contributed by atoms with Crippen molar-refractivity contribution in [1.29, 1.82) is 0 Å². The lowest BCUT2D eigenvalue weighted by atomic mass is 10.1. The molecule has 0 saturated carbocycles. The van der Waals surface area contributed by atoms with Gasteiger partial charge in [-0.05, 0) is 37.1 Å². The average molecular weight is 361 g/mol. The number of urea groups is 1. The molecule has 3 amide bonds. The van der Waals surface area contributed by atoms with Crippen LogP contribution in [0.25, 0.3) is 0 Å². The number of aliphatic hydroxyl groups is 1. The Morgan fingerprint density at radius 3 is 2.65 bits per heavy atom. The highest BCUT2D eigenvalue weighted by atomic mass is 16.3. The van der Waals surface area contributed by atoms with E-state index in [1.165, 1.54) is 10.5 Å². The van der Waals surface area contributed by atoms with Crippen molar-refractivity contribution >= 4 is 17.6 Å². The van der Waals surface area contributed by atoms with Gasteiger partial charge in [-0.2, -0.15) is 0 Å². The monoisotopic (exact) mass is 361 g/mol. The van der Waals surface area contributed by atoms with Gasteiger partial charge in [-0.25, -0.2) is 4.79 Å². The van der Waals surface area contributed by atoms with Crippen molar-refractivity contribution in [3.63, 3.8) is 0 Å². The molecular formula is C19H29N4O3+. The van der Waals surface area contributed by atoms with E-state index in [0.717, 1.165) is 30.9 Å². The summed E-state index contributed by atoms with van der Waals surface area (Å²) in [6.07, 6.45) is 0.342. The summed E-state index contributed by atoms with van der Waals surface area (Å²) in [4.78, 5) is 29.8. The smallest absolute Gasteiger partial charge is 0.318 e. The number of quaternary nitrogens is 1. The molecule has 2 aliphatic rings. The van der Waals surface area contributed by atoms with Gasteiger partial charge >= 0.3 is 6.03 Å². The van der Waals surface area contributed by atoms with E-state index in [0.29, 0.717) is 26.1 Å². The molecule has 0 radical (unpaired) electrons. The number of hydrogen-bond donors (Lipinski definition) is 3. The fraction of sp³-hybridized carbons (Fsp3) is 0.579. The van der Waals surface area contributed by atoms with Crippen LogP contribution in [0, 0.1) is 13.8 Å². The summed E-state index contributed by atoms with van der Waals surface area (Å²) in [6.45, 7) is 8.59. The standard InChI is InChI=1S/C19H28N4O3/c1-14-3-4-17(11-15(14)2)23-13-16(12-18(23)25)20-19(26)22-7-5-21(6-8-22)9-10-24/h3-4,11,16,24H,5-10,12-13H2,1-2H3,(H,20,26)/p+1/t16-/m1/s1. The first-order valence-electron chi connectivity index (χ1n) is 9.35. The Balaban J connectivity index is 1.54. The lowest BCUT2D eigenvalue weighted by Gasteiger charge is -2.32. The number of rotatable bonds is 4. The summed E-state index contributed by atoms with van der Waals surface area (Å²) in [5.74, 6) is 0.0516. The number of piperazine rings is 1. The third kappa shape index (κ3) is 4.16. The van der Waals surface area contributed by atoms with E-state index in [-0.39, 0.29) is 24.6 Å². The molecular weight excluding hydrogens is 332 g/mol. The molecule has 7 heteroatoms. The molecule has 142 valence electrons. The van der Waals surface area contributed by atoms with Crippen LogP contribution in [0.2, 0.25) is 0 Å². The highest BCUT2D eigenvalue weighted by Gasteiger charge is 2.33. The van der Waals surface area contributed by atoms with Crippen LogP contribution in [-0.4, -0.2) is 73.9 Å². The van der Waals surface area contributed by atoms with Crippen molar-refractivity contribution in [3.05, 3.63) is 29.3 Å². The number of aryl methyl sites for hydroxylation is 2. The number of nitrogens with one attached hydrogen (secondary N) is 2. The third-order valence-corrected chi connectivity index (χ3v) is 5.48. The van der Waals surface area contributed by atoms with E-state index in [4.69, 9.17) is 5.11 Å². The van der Waals surface area contributed by atoms with Crippen LogP contribution in [-0.2, 0) is 4.79 Å². The molecule has 2 fully saturated rings. The lowest BCUT2D eigenvalue weighted by Crippen LogP contribution is -3.15. The van der Waals surface area contributed by atoms with Gasteiger partial charge in [0.25, 0.3) is 0 Å². The Morgan fingerprint density at radius 2 is 2.00 bits per heavy atom. The maximum atomic E-state index is 12.5. The highest BCUT2D eigenvalue weighted by Crippen LogP contribution is 2.24. The first-order chi connectivity index (χ1) is 12.5. The molecule has 0 bridgehead atoms. The predicted octanol–water partition coefficient (Wildman–Crippen LogP) is -0.689. The zero-order chi connectivity index (χ0) is 18.7. The number of hydrogen-bond acceptors (Lipinski definition) is 3. The molecule has 1 atom stereocenters. The van der Waals surface area contributed by atoms with E-state index < -0.39 is 0 Å². The number of anilines is 1. The highest BCUT2D eigenvalue weighted by molar-refractivity contribution is 5.96. The molecule has 0 aromatic heterocycles. The third-order valence-electron chi connectivity index (χ3n) is 5.48. The van der Waals surface area contributed by atoms with E-state index in [2.05, 4.69) is 12.2 Å². The second-order valence-corrected chi connectivity index (χ2v) is 7.33. The molecule has 3 N–H and O–H groups in total. The molecule has 0 unspecified atom stereocenters. The van der Waals surface area contributed by atoms with Crippen LogP contribution >= 0.6 is 0 Å².